The summed E-state index contributed by atoms with van der Waals surface area (Å²) in [6.45, 7) is 1.05. The van der Waals surface area contributed by atoms with Crippen LogP contribution in [-0.2, 0) is 4.74 Å². The fourth-order valence-electron chi connectivity index (χ4n) is 1.38. The highest BCUT2D eigenvalue weighted by Crippen LogP contribution is 2.28. The average molecular weight is 276 g/mol. The van der Waals surface area contributed by atoms with Gasteiger partial charge in [0.15, 0.2) is 0 Å². The van der Waals surface area contributed by atoms with Crippen molar-refractivity contribution in [3.05, 3.63) is 23.8 Å². The van der Waals surface area contributed by atoms with E-state index in [-0.39, 0.29) is 23.7 Å². The van der Waals surface area contributed by atoms with Gasteiger partial charge in [-0.25, -0.2) is 4.79 Å². The van der Waals surface area contributed by atoms with E-state index in [1.807, 2.05) is 0 Å². The summed E-state index contributed by atoms with van der Waals surface area (Å²) >= 11 is 0. The number of hydrogen-bond acceptors (Lipinski definition) is 5. The van der Waals surface area contributed by atoms with Crippen molar-refractivity contribution in [1.82, 2.24) is 0 Å². The molecule has 0 amide bonds. The van der Waals surface area contributed by atoms with E-state index in [4.69, 9.17) is 10.5 Å². The van der Waals surface area contributed by atoms with Gasteiger partial charge >= 0.3 is 5.97 Å². The zero-order chi connectivity index (χ0) is 12.7. The second kappa shape index (κ2) is 8.60. The minimum Gasteiger partial charge on any atom is -0.507 e. The van der Waals surface area contributed by atoms with Gasteiger partial charge < -0.3 is 20.3 Å². The molecule has 0 radical (unpaired) electrons. The van der Waals surface area contributed by atoms with Crippen molar-refractivity contribution >= 4 is 18.4 Å². The van der Waals surface area contributed by atoms with E-state index in [0.29, 0.717) is 18.9 Å². The van der Waals surface area contributed by atoms with Crippen LogP contribution >= 0.6 is 12.4 Å². The van der Waals surface area contributed by atoms with Crippen LogP contribution in [0.25, 0.3) is 0 Å². The van der Waals surface area contributed by atoms with Crippen molar-refractivity contribution < 1.29 is 19.4 Å². The summed E-state index contributed by atoms with van der Waals surface area (Å²) in [6.07, 6.45) is 1.65. The Labute approximate surface area is 112 Å². The normalized spacial score (nSPS) is 9.44. The number of methoxy groups -OCH3 is 1. The summed E-state index contributed by atoms with van der Waals surface area (Å²) in [6, 6.07) is 4.65. The van der Waals surface area contributed by atoms with Gasteiger partial charge in [-0.1, -0.05) is 6.07 Å². The number of carbonyl (C=O) groups excluding carboxylic acids is 1. The van der Waals surface area contributed by atoms with Crippen LogP contribution in [0.5, 0.6) is 11.5 Å². The number of halogens is 1. The molecule has 0 heterocycles. The molecule has 1 aromatic rings. The highest BCUT2D eigenvalue weighted by Gasteiger charge is 2.17. The van der Waals surface area contributed by atoms with Crippen LogP contribution < -0.4 is 10.5 Å². The van der Waals surface area contributed by atoms with Crippen LogP contribution in [-0.4, -0.2) is 31.3 Å². The van der Waals surface area contributed by atoms with E-state index in [9.17, 15) is 9.90 Å². The number of aromatic hydroxyl groups is 1. The summed E-state index contributed by atoms with van der Waals surface area (Å²) in [5, 5.41) is 9.59. The highest BCUT2D eigenvalue weighted by atomic mass is 35.5. The SMILES string of the molecule is COC(=O)c1c(O)cccc1OCCCCN.Cl. The third-order valence-electron chi connectivity index (χ3n) is 2.25. The molecule has 18 heavy (non-hydrogen) atoms. The summed E-state index contributed by atoms with van der Waals surface area (Å²) in [4.78, 5) is 11.5. The van der Waals surface area contributed by atoms with E-state index in [1.165, 1.54) is 13.2 Å². The predicted octanol–water partition coefficient (Wildman–Crippen LogP) is 1.72. The lowest BCUT2D eigenvalue weighted by molar-refractivity contribution is 0.0592. The molecule has 1 rings (SSSR count). The Morgan fingerprint density at radius 2 is 2.11 bits per heavy atom. The van der Waals surface area contributed by atoms with E-state index < -0.39 is 5.97 Å². The molecule has 0 fully saturated rings. The molecule has 0 saturated carbocycles. The van der Waals surface area contributed by atoms with Crippen LogP contribution in [0, 0.1) is 0 Å². The number of nitrogens with two attached hydrogens (primary N) is 1. The minimum absolute atomic E-state index is 0. The van der Waals surface area contributed by atoms with Gasteiger partial charge in [-0.3, -0.25) is 0 Å². The molecule has 6 heteroatoms. The van der Waals surface area contributed by atoms with Crippen molar-refractivity contribution in [3.8, 4) is 11.5 Å². The maximum absolute atomic E-state index is 11.5. The molecule has 1 aromatic carbocycles. The van der Waals surface area contributed by atoms with Crippen LogP contribution in [0.3, 0.4) is 0 Å². The van der Waals surface area contributed by atoms with Crippen LogP contribution in [0.2, 0.25) is 0 Å². The fraction of sp³-hybridized carbons (Fsp3) is 0.417. The van der Waals surface area contributed by atoms with Crippen molar-refractivity contribution in [1.29, 1.82) is 0 Å². The Balaban J connectivity index is 0.00000289. The Kier molecular flexibility index (Phi) is 7.91. The van der Waals surface area contributed by atoms with E-state index in [2.05, 4.69) is 4.74 Å². The van der Waals surface area contributed by atoms with Gasteiger partial charge in [0.25, 0.3) is 0 Å². The zero-order valence-electron chi connectivity index (χ0n) is 10.2. The predicted molar refractivity (Wildman–Crippen MR) is 70.5 cm³/mol. The molecule has 0 saturated heterocycles. The summed E-state index contributed by atoms with van der Waals surface area (Å²) in [5.41, 5.74) is 5.42. The number of hydrogen-bond donors (Lipinski definition) is 2. The first kappa shape index (κ1) is 16.5. The second-order valence-corrected chi connectivity index (χ2v) is 3.49. The average Bonchev–Trinajstić information content (AvgIpc) is 2.34. The third kappa shape index (κ3) is 4.43. The van der Waals surface area contributed by atoms with Crippen LogP contribution in [0.1, 0.15) is 23.2 Å². The monoisotopic (exact) mass is 275 g/mol. The molecule has 102 valence electrons. The van der Waals surface area contributed by atoms with Crippen LogP contribution in [0.4, 0.5) is 0 Å². The maximum atomic E-state index is 11.5. The third-order valence-corrected chi connectivity index (χ3v) is 2.25. The number of unbranched alkanes of at least 4 members (excludes halogenated alkanes) is 1. The summed E-state index contributed by atoms with van der Waals surface area (Å²) in [5.74, 6) is -0.432. The van der Waals surface area contributed by atoms with Crippen molar-refractivity contribution in [2.24, 2.45) is 5.73 Å². The molecule has 0 unspecified atom stereocenters. The molecule has 0 atom stereocenters. The number of esters is 1. The van der Waals surface area contributed by atoms with Crippen molar-refractivity contribution in [2.45, 2.75) is 12.8 Å². The Bertz CT molecular complexity index is 384. The number of benzene rings is 1. The fourth-order valence-corrected chi connectivity index (χ4v) is 1.38. The number of ether oxygens (including phenoxy) is 2. The van der Waals surface area contributed by atoms with Gasteiger partial charge in [0.2, 0.25) is 0 Å². The van der Waals surface area contributed by atoms with Gasteiger partial charge in [0.1, 0.15) is 17.1 Å². The molecule has 0 aliphatic rings. The molecule has 0 spiro atoms. The maximum Gasteiger partial charge on any atom is 0.345 e. The molecule has 0 aromatic heterocycles. The van der Waals surface area contributed by atoms with E-state index in [1.54, 1.807) is 12.1 Å². The lowest BCUT2D eigenvalue weighted by atomic mass is 10.2. The van der Waals surface area contributed by atoms with Gasteiger partial charge in [0, 0.05) is 0 Å². The Morgan fingerprint density at radius 1 is 1.39 bits per heavy atom. The lowest BCUT2D eigenvalue weighted by Crippen LogP contribution is -2.08. The molecule has 0 aliphatic heterocycles. The first-order valence-corrected chi connectivity index (χ1v) is 5.44. The van der Waals surface area contributed by atoms with Gasteiger partial charge in [-0.05, 0) is 31.5 Å². The lowest BCUT2D eigenvalue weighted by Gasteiger charge is -2.11. The first-order chi connectivity index (χ1) is 8.20. The number of rotatable bonds is 6. The summed E-state index contributed by atoms with van der Waals surface area (Å²) in [7, 11) is 1.26. The largest absolute Gasteiger partial charge is 0.507 e. The topological polar surface area (TPSA) is 81.8 Å². The van der Waals surface area contributed by atoms with Crippen LogP contribution in [0.15, 0.2) is 18.2 Å². The first-order valence-electron chi connectivity index (χ1n) is 5.44. The molecule has 3 N–H and O–H groups in total. The van der Waals surface area contributed by atoms with Gasteiger partial charge in [-0.2, -0.15) is 0 Å². The van der Waals surface area contributed by atoms with Gasteiger partial charge in [0.05, 0.1) is 13.7 Å². The molecular weight excluding hydrogens is 258 g/mol. The highest BCUT2D eigenvalue weighted by molar-refractivity contribution is 5.95. The standard InChI is InChI=1S/C12H17NO4.ClH/c1-16-12(15)11-9(14)5-4-6-10(11)17-8-3-2-7-13;/h4-6,14H,2-3,7-8,13H2,1H3;1H. The molecule has 5 nitrogen and oxygen atoms in total. The smallest absolute Gasteiger partial charge is 0.345 e. The molecule has 0 bridgehead atoms. The quantitative estimate of drug-likeness (QED) is 0.610. The van der Waals surface area contributed by atoms with Crippen molar-refractivity contribution in [2.75, 3.05) is 20.3 Å². The van der Waals surface area contributed by atoms with Gasteiger partial charge in [-0.15, -0.1) is 12.4 Å². The summed E-state index contributed by atoms with van der Waals surface area (Å²) < 4.78 is 10.0. The number of carbonyl (C=O) groups is 1. The number of phenolic OH excluding ortho intramolecular Hbond substituents is 1. The van der Waals surface area contributed by atoms with E-state index in [0.717, 1.165) is 12.8 Å². The minimum atomic E-state index is -0.614. The van der Waals surface area contributed by atoms with Crippen molar-refractivity contribution in [3.63, 3.8) is 0 Å². The Hall–Kier alpha value is -1.46. The Morgan fingerprint density at radius 3 is 2.72 bits per heavy atom. The van der Waals surface area contributed by atoms with E-state index >= 15 is 0 Å². The second-order valence-electron chi connectivity index (χ2n) is 3.49. The molecule has 0 aliphatic carbocycles. The zero-order valence-corrected chi connectivity index (χ0v) is 11.0. The molecular formula is C12H18ClNO4. The number of phenols is 1.